The minimum atomic E-state index is -0.386. The van der Waals surface area contributed by atoms with Gasteiger partial charge in [0.1, 0.15) is 0 Å². The summed E-state index contributed by atoms with van der Waals surface area (Å²) in [6, 6.07) is 0.954. The zero-order chi connectivity index (χ0) is 7.72. The molecule has 1 heterocycles. The van der Waals surface area contributed by atoms with Crippen LogP contribution in [0.4, 0.5) is 0 Å². The summed E-state index contributed by atoms with van der Waals surface area (Å²) < 4.78 is 1.18. The van der Waals surface area contributed by atoms with Crippen LogP contribution in [0.3, 0.4) is 0 Å². The van der Waals surface area contributed by atoms with Crippen molar-refractivity contribution in [2.24, 2.45) is 7.05 Å². The third-order valence-electron chi connectivity index (χ3n) is 1.19. The van der Waals surface area contributed by atoms with Crippen LogP contribution in [-0.4, -0.2) is 14.8 Å². The first-order valence-electron chi connectivity index (χ1n) is 2.70. The molecule has 10 heavy (non-hydrogen) atoms. The van der Waals surface area contributed by atoms with Crippen molar-refractivity contribution in [2.75, 3.05) is 0 Å². The van der Waals surface area contributed by atoms with E-state index in [0.29, 0.717) is 0 Å². The second kappa shape index (κ2) is 2.06. The van der Waals surface area contributed by atoms with Crippen molar-refractivity contribution in [3.63, 3.8) is 0 Å². The molecule has 0 unspecified atom stereocenters. The fraction of sp³-hybridized carbons (Fsp3) is 0.167. The molecule has 0 bridgehead atoms. The van der Waals surface area contributed by atoms with Crippen molar-refractivity contribution in [1.82, 2.24) is 4.57 Å². The molecule has 2 N–H and O–H groups in total. The molecular weight excluding hydrogens is 134 g/mol. The Labute approximate surface area is 57.0 Å². The van der Waals surface area contributed by atoms with Gasteiger partial charge < -0.3 is 14.8 Å². The van der Waals surface area contributed by atoms with Gasteiger partial charge in [-0.15, -0.1) is 0 Å². The quantitative estimate of drug-likeness (QED) is 0.525. The van der Waals surface area contributed by atoms with Gasteiger partial charge in [-0.25, -0.2) is 0 Å². The zero-order valence-corrected chi connectivity index (χ0v) is 5.40. The third kappa shape index (κ3) is 0.953. The molecule has 1 aromatic heterocycles. The molecule has 0 amide bonds. The average Bonchev–Trinajstić information content (AvgIpc) is 1.84. The summed E-state index contributed by atoms with van der Waals surface area (Å²) in [5.41, 5.74) is -0.352. The normalized spacial score (nSPS) is 9.70. The number of aromatic nitrogens is 1. The highest BCUT2D eigenvalue weighted by Gasteiger charge is 1.99. The van der Waals surface area contributed by atoms with Gasteiger partial charge in [0.15, 0.2) is 11.5 Å². The largest absolute Gasteiger partial charge is 0.504 e. The van der Waals surface area contributed by atoms with E-state index in [0.717, 1.165) is 12.3 Å². The average molecular weight is 141 g/mol. The lowest BCUT2D eigenvalue weighted by Crippen LogP contribution is -2.13. The molecule has 0 fully saturated rings. The van der Waals surface area contributed by atoms with Crippen LogP contribution in [0.15, 0.2) is 17.1 Å². The Hall–Kier alpha value is -1.45. The second-order valence-electron chi connectivity index (χ2n) is 1.99. The van der Waals surface area contributed by atoms with E-state index in [-0.39, 0.29) is 17.1 Å². The first-order valence-corrected chi connectivity index (χ1v) is 2.70. The Kier molecular flexibility index (Phi) is 1.37. The smallest absolute Gasteiger partial charge is 0.254 e. The molecule has 0 aliphatic rings. The van der Waals surface area contributed by atoms with E-state index < -0.39 is 0 Å². The van der Waals surface area contributed by atoms with Gasteiger partial charge in [-0.3, -0.25) is 4.79 Å². The number of pyridine rings is 1. The maximum atomic E-state index is 10.7. The van der Waals surface area contributed by atoms with Crippen LogP contribution >= 0.6 is 0 Å². The summed E-state index contributed by atoms with van der Waals surface area (Å²) in [5.74, 6) is -0.676. The summed E-state index contributed by atoms with van der Waals surface area (Å²) in [6.45, 7) is 0. The van der Waals surface area contributed by atoms with Gasteiger partial charge in [0.25, 0.3) is 5.56 Å². The van der Waals surface area contributed by atoms with Crippen LogP contribution in [0.5, 0.6) is 11.5 Å². The molecule has 0 atom stereocenters. The van der Waals surface area contributed by atoms with E-state index in [4.69, 9.17) is 10.2 Å². The van der Waals surface area contributed by atoms with Gasteiger partial charge in [-0.05, 0) is 0 Å². The molecule has 0 saturated heterocycles. The molecule has 4 nitrogen and oxygen atoms in total. The van der Waals surface area contributed by atoms with E-state index in [1.807, 2.05) is 0 Å². The monoisotopic (exact) mass is 141 g/mol. The Morgan fingerprint density at radius 3 is 2.50 bits per heavy atom. The van der Waals surface area contributed by atoms with Crippen molar-refractivity contribution in [1.29, 1.82) is 0 Å². The second-order valence-corrected chi connectivity index (χ2v) is 1.99. The zero-order valence-electron chi connectivity index (χ0n) is 5.40. The van der Waals surface area contributed by atoms with E-state index in [1.54, 1.807) is 0 Å². The number of hydrogen-bond acceptors (Lipinski definition) is 3. The molecule has 0 aliphatic carbocycles. The summed E-state index contributed by atoms with van der Waals surface area (Å²) in [4.78, 5) is 10.7. The predicted molar refractivity (Wildman–Crippen MR) is 35.0 cm³/mol. The van der Waals surface area contributed by atoms with Crippen LogP contribution in [0.1, 0.15) is 0 Å². The van der Waals surface area contributed by atoms with Crippen molar-refractivity contribution in [3.8, 4) is 11.5 Å². The minimum absolute atomic E-state index is 0.290. The third-order valence-corrected chi connectivity index (χ3v) is 1.19. The SMILES string of the molecule is Cn1cc(O)c(O)cc1=O. The molecule has 0 aromatic carbocycles. The van der Waals surface area contributed by atoms with Gasteiger partial charge >= 0.3 is 0 Å². The molecule has 54 valence electrons. The summed E-state index contributed by atoms with van der Waals surface area (Å²) >= 11 is 0. The number of rotatable bonds is 0. The maximum absolute atomic E-state index is 10.7. The lowest BCUT2D eigenvalue weighted by Gasteiger charge is -1.98. The van der Waals surface area contributed by atoms with Crippen LogP contribution in [-0.2, 0) is 7.05 Å². The maximum Gasteiger partial charge on any atom is 0.254 e. The first kappa shape index (κ1) is 6.67. The highest BCUT2D eigenvalue weighted by molar-refractivity contribution is 5.33. The van der Waals surface area contributed by atoms with Crippen molar-refractivity contribution >= 4 is 0 Å². The van der Waals surface area contributed by atoms with Crippen LogP contribution in [0.25, 0.3) is 0 Å². The summed E-state index contributed by atoms with van der Waals surface area (Å²) in [6.07, 6.45) is 1.15. The topological polar surface area (TPSA) is 62.5 Å². The number of aromatic hydroxyl groups is 2. The molecule has 4 heteroatoms. The van der Waals surface area contributed by atoms with E-state index >= 15 is 0 Å². The van der Waals surface area contributed by atoms with Gasteiger partial charge in [-0.1, -0.05) is 0 Å². The molecule has 0 radical (unpaired) electrons. The lowest BCUT2D eigenvalue weighted by atomic mass is 10.4. The highest BCUT2D eigenvalue weighted by atomic mass is 16.3. The Balaban J connectivity index is 3.43. The van der Waals surface area contributed by atoms with Gasteiger partial charge in [0, 0.05) is 13.1 Å². The Morgan fingerprint density at radius 1 is 1.40 bits per heavy atom. The Bertz CT molecular complexity index is 302. The van der Waals surface area contributed by atoms with Crippen molar-refractivity contribution in [2.45, 2.75) is 0 Å². The van der Waals surface area contributed by atoms with Crippen LogP contribution in [0.2, 0.25) is 0 Å². The molecular formula is C6H7NO3. The summed E-state index contributed by atoms with van der Waals surface area (Å²) in [7, 11) is 1.49. The van der Waals surface area contributed by atoms with Gasteiger partial charge in [0.2, 0.25) is 0 Å². The summed E-state index contributed by atoms with van der Waals surface area (Å²) in [5, 5.41) is 17.6. The highest BCUT2D eigenvalue weighted by Crippen LogP contribution is 2.19. The van der Waals surface area contributed by atoms with Gasteiger partial charge in [-0.2, -0.15) is 0 Å². The predicted octanol–water partition coefficient (Wildman–Crippen LogP) is -0.204. The molecule has 1 aromatic rings. The molecule has 1 rings (SSSR count). The number of nitrogens with zero attached hydrogens (tertiary/aromatic N) is 1. The minimum Gasteiger partial charge on any atom is -0.504 e. The van der Waals surface area contributed by atoms with Crippen LogP contribution in [0, 0.1) is 0 Å². The van der Waals surface area contributed by atoms with E-state index in [1.165, 1.54) is 11.6 Å². The molecule has 0 spiro atoms. The van der Waals surface area contributed by atoms with E-state index in [9.17, 15) is 4.79 Å². The van der Waals surface area contributed by atoms with Gasteiger partial charge in [0.05, 0.1) is 6.20 Å². The fourth-order valence-electron chi connectivity index (χ4n) is 0.606. The fourth-order valence-corrected chi connectivity index (χ4v) is 0.606. The number of aryl methyl sites for hydroxylation is 1. The van der Waals surface area contributed by atoms with E-state index in [2.05, 4.69) is 0 Å². The Morgan fingerprint density at radius 2 is 2.00 bits per heavy atom. The van der Waals surface area contributed by atoms with Crippen molar-refractivity contribution in [3.05, 3.63) is 22.6 Å². The standard InChI is InChI=1S/C6H7NO3/c1-7-3-5(9)4(8)2-6(7)10/h2-3,8-9H,1H3. The number of hydrogen-bond donors (Lipinski definition) is 2. The van der Waals surface area contributed by atoms with Crippen molar-refractivity contribution < 1.29 is 10.2 Å². The molecule has 0 saturated carbocycles. The van der Waals surface area contributed by atoms with Crippen LogP contribution < -0.4 is 5.56 Å². The first-order chi connectivity index (χ1) is 4.61. The molecule has 0 aliphatic heterocycles. The lowest BCUT2D eigenvalue weighted by molar-refractivity contribution is 0.397.